The highest BCUT2D eigenvalue weighted by molar-refractivity contribution is 6.36. The van der Waals surface area contributed by atoms with Crippen molar-refractivity contribution in [1.29, 1.82) is 0 Å². The summed E-state index contributed by atoms with van der Waals surface area (Å²) < 4.78 is 0. The van der Waals surface area contributed by atoms with E-state index in [2.05, 4.69) is 5.32 Å². The first kappa shape index (κ1) is 15.6. The van der Waals surface area contributed by atoms with Crippen LogP contribution in [0.25, 0.3) is 0 Å². The zero-order chi connectivity index (χ0) is 14.6. The topological polar surface area (TPSA) is 49.3 Å². The van der Waals surface area contributed by atoms with E-state index in [0.717, 1.165) is 38.5 Å². The fourth-order valence-electron chi connectivity index (χ4n) is 2.58. The molecule has 1 aliphatic carbocycles. The van der Waals surface area contributed by atoms with Gasteiger partial charge in [-0.2, -0.15) is 0 Å². The van der Waals surface area contributed by atoms with Crippen molar-refractivity contribution in [3.8, 4) is 0 Å². The van der Waals surface area contributed by atoms with Gasteiger partial charge in [-0.05, 0) is 31.0 Å². The number of hydrogen-bond acceptors (Lipinski definition) is 2. The van der Waals surface area contributed by atoms with Gasteiger partial charge in [0, 0.05) is 11.6 Å². The molecule has 0 bridgehead atoms. The summed E-state index contributed by atoms with van der Waals surface area (Å²) in [6.07, 6.45) is 5.80. The molecule has 1 amide bonds. The summed E-state index contributed by atoms with van der Waals surface area (Å²) in [5, 5.41) is 14.1. The normalized spacial score (nSPS) is 18.4. The molecule has 20 heavy (non-hydrogen) atoms. The molecular formula is C15H19Cl2NO2. The molecule has 5 heteroatoms. The molecule has 1 fully saturated rings. The van der Waals surface area contributed by atoms with Gasteiger partial charge < -0.3 is 10.4 Å². The van der Waals surface area contributed by atoms with Gasteiger partial charge in [0.2, 0.25) is 0 Å². The molecule has 0 atom stereocenters. The van der Waals surface area contributed by atoms with Crippen LogP contribution in [-0.4, -0.2) is 23.2 Å². The molecule has 2 N–H and O–H groups in total. The zero-order valence-corrected chi connectivity index (χ0v) is 12.8. The van der Waals surface area contributed by atoms with E-state index in [-0.39, 0.29) is 12.5 Å². The summed E-state index contributed by atoms with van der Waals surface area (Å²) in [5.41, 5.74) is -0.404. The van der Waals surface area contributed by atoms with Crippen molar-refractivity contribution >= 4 is 29.1 Å². The van der Waals surface area contributed by atoms with Crippen LogP contribution in [0.15, 0.2) is 18.2 Å². The second-order valence-corrected chi connectivity index (χ2v) is 6.29. The van der Waals surface area contributed by atoms with Crippen LogP contribution in [0.1, 0.15) is 48.9 Å². The Morgan fingerprint density at radius 1 is 1.20 bits per heavy atom. The fraction of sp³-hybridized carbons (Fsp3) is 0.533. The summed E-state index contributed by atoms with van der Waals surface area (Å²) >= 11 is 11.8. The van der Waals surface area contributed by atoms with Gasteiger partial charge in [-0.1, -0.05) is 48.9 Å². The first-order valence-corrected chi connectivity index (χ1v) is 7.71. The number of rotatable bonds is 3. The molecule has 0 saturated heterocycles. The van der Waals surface area contributed by atoms with Crippen LogP contribution in [0.2, 0.25) is 10.0 Å². The van der Waals surface area contributed by atoms with Crippen molar-refractivity contribution in [2.75, 3.05) is 6.54 Å². The second kappa shape index (κ2) is 6.79. The second-order valence-electron chi connectivity index (χ2n) is 5.45. The minimum Gasteiger partial charge on any atom is -0.388 e. The average Bonchev–Trinajstić information content (AvgIpc) is 2.61. The summed E-state index contributed by atoms with van der Waals surface area (Å²) in [4.78, 5) is 12.1. The average molecular weight is 316 g/mol. The van der Waals surface area contributed by atoms with Gasteiger partial charge in [-0.3, -0.25) is 4.79 Å². The van der Waals surface area contributed by atoms with Crippen molar-refractivity contribution in [3.63, 3.8) is 0 Å². The fourth-order valence-corrected chi connectivity index (χ4v) is 3.07. The Kier molecular flexibility index (Phi) is 5.30. The molecule has 110 valence electrons. The van der Waals surface area contributed by atoms with E-state index in [9.17, 15) is 9.90 Å². The molecule has 1 aromatic rings. The van der Waals surface area contributed by atoms with E-state index >= 15 is 0 Å². The lowest BCUT2D eigenvalue weighted by Crippen LogP contribution is -2.42. The van der Waals surface area contributed by atoms with Crippen LogP contribution in [-0.2, 0) is 0 Å². The molecule has 1 saturated carbocycles. The molecule has 0 radical (unpaired) electrons. The van der Waals surface area contributed by atoms with E-state index in [0.29, 0.717) is 15.6 Å². The first-order valence-electron chi connectivity index (χ1n) is 6.96. The number of carbonyl (C=O) groups excluding carboxylic acids is 1. The lowest BCUT2D eigenvalue weighted by Gasteiger charge is -2.26. The molecule has 0 aromatic heterocycles. The van der Waals surface area contributed by atoms with Gasteiger partial charge in [0.05, 0.1) is 16.2 Å². The monoisotopic (exact) mass is 315 g/mol. The van der Waals surface area contributed by atoms with Crippen LogP contribution in [0.4, 0.5) is 0 Å². The summed E-state index contributed by atoms with van der Waals surface area (Å²) in [7, 11) is 0. The lowest BCUT2D eigenvalue weighted by atomic mass is 9.94. The predicted octanol–water partition coefficient (Wildman–Crippen LogP) is 3.81. The molecule has 0 unspecified atom stereocenters. The van der Waals surface area contributed by atoms with Gasteiger partial charge in [0.1, 0.15) is 0 Å². The van der Waals surface area contributed by atoms with Gasteiger partial charge in [-0.15, -0.1) is 0 Å². The summed E-state index contributed by atoms with van der Waals surface area (Å²) in [6.45, 7) is 0.269. The Labute approximate surface area is 129 Å². The number of hydrogen-bond donors (Lipinski definition) is 2. The molecule has 0 spiro atoms. The minimum absolute atomic E-state index is 0.269. The maximum atomic E-state index is 12.1. The lowest BCUT2D eigenvalue weighted by molar-refractivity contribution is 0.0246. The summed E-state index contributed by atoms with van der Waals surface area (Å²) in [5.74, 6) is -0.274. The number of aliphatic hydroxyl groups is 1. The molecule has 1 aliphatic rings. The Bertz CT molecular complexity index is 483. The van der Waals surface area contributed by atoms with Crippen molar-refractivity contribution in [2.24, 2.45) is 0 Å². The van der Waals surface area contributed by atoms with Crippen LogP contribution in [0.5, 0.6) is 0 Å². The van der Waals surface area contributed by atoms with Crippen molar-refractivity contribution in [3.05, 3.63) is 33.8 Å². The highest BCUT2D eigenvalue weighted by Gasteiger charge is 2.28. The van der Waals surface area contributed by atoms with Gasteiger partial charge >= 0.3 is 0 Å². The van der Waals surface area contributed by atoms with Gasteiger partial charge in [0.15, 0.2) is 0 Å². The van der Waals surface area contributed by atoms with E-state index in [1.165, 1.54) is 0 Å². The Morgan fingerprint density at radius 2 is 1.85 bits per heavy atom. The smallest absolute Gasteiger partial charge is 0.252 e. The Hall–Kier alpha value is -0.770. The SMILES string of the molecule is O=C(NCC1(O)CCCCCC1)c1ccc(Cl)cc1Cl. The van der Waals surface area contributed by atoms with Crippen LogP contribution < -0.4 is 5.32 Å². The Balaban J connectivity index is 1.97. The first-order chi connectivity index (χ1) is 9.50. The number of halogens is 2. The third kappa shape index (κ3) is 4.11. The quantitative estimate of drug-likeness (QED) is 0.833. The number of carbonyl (C=O) groups is 1. The molecule has 2 rings (SSSR count). The van der Waals surface area contributed by atoms with Crippen LogP contribution >= 0.6 is 23.2 Å². The summed E-state index contributed by atoms with van der Waals surface area (Å²) in [6, 6.07) is 4.76. The maximum absolute atomic E-state index is 12.1. The minimum atomic E-state index is -0.787. The standard InChI is InChI=1S/C15H19Cl2NO2/c16-11-5-6-12(13(17)9-11)14(19)18-10-15(20)7-3-1-2-4-8-15/h5-6,9,20H,1-4,7-8,10H2,(H,18,19). The molecule has 1 aromatic carbocycles. The van der Waals surface area contributed by atoms with E-state index < -0.39 is 5.60 Å². The Morgan fingerprint density at radius 3 is 2.45 bits per heavy atom. The third-order valence-electron chi connectivity index (χ3n) is 3.79. The largest absolute Gasteiger partial charge is 0.388 e. The van der Waals surface area contributed by atoms with Crippen molar-refractivity contribution in [1.82, 2.24) is 5.32 Å². The number of nitrogens with one attached hydrogen (secondary N) is 1. The van der Waals surface area contributed by atoms with Gasteiger partial charge in [0.25, 0.3) is 5.91 Å². The predicted molar refractivity (Wildman–Crippen MR) is 81.4 cm³/mol. The van der Waals surface area contributed by atoms with E-state index in [1.54, 1.807) is 18.2 Å². The van der Waals surface area contributed by atoms with Gasteiger partial charge in [-0.25, -0.2) is 0 Å². The number of amides is 1. The zero-order valence-electron chi connectivity index (χ0n) is 11.3. The highest BCUT2D eigenvalue weighted by Crippen LogP contribution is 2.27. The third-order valence-corrected chi connectivity index (χ3v) is 4.34. The molecule has 3 nitrogen and oxygen atoms in total. The van der Waals surface area contributed by atoms with Crippen LogP contribution in [0, 0.1) is 0 Å². The van der Waals surface area contributed by atoms with Crippen molar-refractivity contribution < 1.29 is 9.90 Å². The molecule has 0 heterocycles. The maximum Gasteiger partial charge on any atom is 0.252 e. The van der Waals surface area contributed by atoms with E-state index in [4.69, 9.17) is 23.2 Å². The number of benzene rings is 1. The van der Waals surface area contributed by atoms with Crippen LogP contribution in [0.3, 0.4) is 0 Å². The molecule has 0 aliphatic heterocycles. The highest BCUT2D eigenvalue weighted by atomic mass is 35.5. The molecular weight excluding hydrogens is 297 g/mol. The van der Waals surface area contributed by atoms with Crippen molar-refractivity contribution in [2.45, 2.75) is 44.1 Å². The van der Waals surface area contributed by atoms with E-state index in [1.807, 2.05) is 0 Å².